The molecule has 3 N–H and O–H groups in total. The van der Waals surface area contributed by atoms with Crippen LogP contribution in [0.25, 0.3) is 10.2 Å². The third-order valence-electron chi connectivity index (χ3n) is 3.01. The van der Waals surface area contributed by atoms with Crippen LogP contribution in [0.5, 0.6) is 0 Å². The van der Waals surface area contributed by atoms with Gasteiger partial charge in [0.2, 0.25) is 0 Å². The van der Waals surface area contributed by atoms with Crippen LogP contribution < -0.4 is 11.1 Å². The van der Waals surface area contributed by atoms with Gasteiger partial charge in [0.25, 0.3) is 5.91 Å². The van der Waals surface area contributed by atoms with Crippen LogP contribution in [0.15, 0.2) is 36.5 Å². The molecule has 0 fully saturated rings. The van der Waals surface area contributed by atoms with Crippen molar-refractivity contribution in [1.82, 2.24) is 4.98 Å². The van der Waals surface area contributed by atoms with Crippen molar-refractivity contribution in [3.8, 4) is 0 Å². The highest BCUT2D eigenvalue weighted by Crippen LogP contribution is 2.32. The second kappa shape index (κ2) is 5.14. The van der Waals surface area contributed by atoms with Gasteiger partial charge in [-0.2, -0.15) is 0 Å². The van der Waals surface area contributed by atoms with Gasteiger partial charge >= 0.3 is 0 Å². The molecule has 3 aromatic rings. The first-order chi connectivity index (χ1) is 10.0. The molecule has 0 unspecified atom stereocenters. The van der Waals surface area contributed by atoms with Crippen LogP contribution in [0.2, 0.25) is 0 Å². The highest BCUT2D eigenvalue weighted by Gasteiger charge is 2.17. The summed E-state index contributed by atoms with van der Waals surface area (Å²) in [6.07, 6.45) is 1.65. The van der Waals surface area contributed by atoms with Gasteiger partial charge in [0, 0.05) is 17.3 Å². The number of anilines is 2. The summed E-state index contributed by atoms with van der Waals surface area (Å²) in [5, 5.41) is 3.42. The minimum atomic E-state index is -0.392. The van der Waals surface area contributed by atoms with Crippen molar-refractivity contribution in [3.05, 3.63) is 52.8 Å². The molecule has 0 radical (unpaired) electrons. The van der Waals surface area contributed by atoms with Crippen LogP contribution in [-0.4, -0.2) is 10.9 Å². The SMILES string of the molecule is Cc1cc(F)cc(NC(=O)c2sc3ncccc3c2N)c1. The Balaban J connectivity index is 1.95. The van der Waals surface area contributed by atoms with Crippen molar-refractivity contribution >= 4 is 38.8 Å². The number of benzene rings is 1. The zero-order chi connectivity index (χ0) is 15.0. The van der Waals surface area contributed by atoms with E-state index in [9.17, 15) is 9.18 Å². The number of nitrogens with zero attached hydrogens (tertiary/aromatic N) is 1. The molecule has 21 heavy (non-hydrogen) atoms. The van der Waals surface area contributed by atoms with E-state index in [4.69, 9.17) is 5.73 Å². The Kier molecular flexibility index (Phi) is 3.31. The number of pyridine rings is 1. The van der Waals surface area contributed by atoms with Crippen LogP contribution in [-0.2, 0) is 0 Å². The maximum absolute atomic E-state index is 13.3. The van der Waals surface area contributed by atoms with Crippen molar-refractivity contribution in [3.63, 3.8) is 0 Å². The topological polar surface area (TPSA) is 68.0 Å². The molecule has 0 spiro atoms. The Morgan fingerprint density at radius 1 is 1.38 bits per heavy atom. The van der Waals surface area contributed by atoms with Gasteiger partial charge in [0.05, 0.1) is 5.69 Å². The molecule has 1 aromatic carbocycles. The highest BCUT2D eigenvalue weighted by atomic mass is 32.1. The summed E-state index contributed by atoms with van der Waals surface area (Å²) >= 11 is 1.22. The Morgan fingerprint density at radius 2 is 2.19 bits per heavy atom. The molecule has 0 saturated carbocycles. The summed E-state index contributed by atoms with van der Waals surface area (Å²) in [5.74, 6) is -0.753. The minimum absolute atomic E-state index is 0.361. The number of nitrogens with one attached hydrogen (secondary N) is 1. The van der Waals surface area contributed by atoms with Crippen LogP contribution >= 0.6 is 11.3 Å². The van der Waals surface area contributed by atoms with Crippen molar-refractivity contribution in [2.24, 2.45) is 0 Å². The largest absolute Gasteiger partial charge is 0.397 e. The third kappa shape index (κ3) is 2.57. The number of rotatable bonds is 2. The minimum Gasteiger partial charge on any atom is -0.397 e. The smallest absolute Gasteiger partial charge is 0.267 e. The molecule has 0 bridgehead atoms. The van der Waals surface area contributed by atoms with E-state index in [0.717, 1.165) is 10.9 Å². The quantitative estimate of drug-likeness (QED) is 0.760. The molecule has 0 aliphatic rings. The number of hydrogen-bond acceptors (Lipinski definition) is 4. The van der Waals surface area contributed by atoms with E-state index >= 15 is 0 Å². The van der Waals surface area contributed by atoms with Crippen molar-refractivity contribution in [2.75, 3.05) is 11.1 Å². The Morgan fingerprint density at radius 3 is 2.90 bits per heavy atom. The van der Waals surface area contributed by atoms with Gasteiger partial charge in [0.15, 0.2) is 0 Å². The number of hydrogen-bond donors (Lipinski definition) is 2. The number of carbonyl (C=O) groups is 1. The van der Waals surface area contributed by atoms with E-state index in [1.807, 2.05) is 6.07 Å². The van der Waals surface area contributed by atoms with Crippen LogP contribution in [0.1, 0.15) is 15.2 Å². The molecule has 106 valence electrons. The van der Waals surface area contributed by atoms with Crippen molar-refractivity contribution in [1.29, 1.82) is 0 Å². The molecular weight excluding hydrogens is 289 g/mol. The van der Waals surface area contributed by atoms with Gasteiger partial charge < -0.3 is 11.1 Å². The molecule has 0 aliphatic carbocycles. The molecular formula is C15H12FN3OS. The predicted octanol–water partition coefficient (Wildman–Crippen LogP) is 3.58. The number of carbonyl (C=O) groups excluding carboxylic acids is 1. The Hall–Kier alpha value is -2.47. The fourth-order valence-corrected chi connectivity index (χ4v) is 3.07. The van der Waals surface area contributed by atoms with E-state index in [1.165, 1.54) is 23.5 Å². The van der Waals surface area contributed by atoms with E-state index in [1.54, 1.807) is 25.3 Å². The third-order valence-corrected chi connectivity index (χ3v) is 4.14. The number of nitrogen functional groups attached to an aromatic ring is 1. The monoisotopic (exact) mass is 301 g/mol. The van der Waals surface area contributed by atoms with Crippen LogP contribution in [0, 0.1) is 12.7 Å². The van der Waals surface area contributed by atoms with Gasteiger partial charge in [-0.05, 0) is 42.8 Å². The van der Waals surface area contributed by atoms with Gasteiger partial charge in [-0.3, -0.25) is 4.79 Å². The van der Waals surface area contributed by atoms with Gasteiger partial charge in [-0.1, -0.05) is 0 Å². The number of aryl methyl sites for hydroxylation is 1. The molecule has 0 aliphatic heterocycles. The first-order valence-corrected chi connectivity index (χ1v) is 7.08. The van der Waals surface area contributed by atoms with Crippen LogP contribution in [0.4, 0.5) is 15.8 Å². The van der Waals surface area contributed by atoms with E-state index in [2.05, 4.69) is 10.3 Å². The van der Waals surface area contributed by atoms with E-state index in [-0.39, 0.29) is 5.91 Å². The number of aromatic nitrogens is 1. The summed E-state index contributed by atoms with van der Waals surface area (Å²) in [6, 6.07) is 7.95. The first kappa shape index (κ1) is 13.5. The summed E-state index contributed by atoms with van der Waals surface area (Å²) in [4.78, 5) is 17.6. The number of nitrogens with two attached hydrogens (primary N) is 1. The Bertz CT molecular complexity index is 824. The lowest BCUT2D eigenvalue weighted by atomic mass is 10.2. The number of fused-ring (bicyclic) bond motifs is 1. The average Bonchev–Trinajstić information content (AvgIpc) is 2.76. The number of amides is 1. The van der Waals surface area contributed by atoms with E-state index < -0.39 is 5.82 Å². The standard InChI is InChI=1S/C15H12FN3OS/c1-8-5-9(16)7-10(6-8)19-14(20)13-12(17)11-3-2-4-18-15(11)21-13/h2-7H,17H2,1H3,(H,19,20). The predicted molar refractivity (Wildman–Crippen MR) is 83.1 cm³/mol. The van der Waals surface area contributed by atoms with Gasteiger partial charge in [-0.15, -0.1) is 11.3 Å². The molecule has 1 amide bonds. The highest BCUT2D eigenvalue weighted by molar-refractivity contribution is 7.21. The second-order valence-corrected chi connectivity index (χ2v) is 5.67. The van der Waals surface area contributed by atoms with Gasteiger partial charge in [0.1, 0.15) is 15.5 Å². The zero-order valence-corrected chi connectivity index (χ0v) is 12.0. The summed E-state index contributed by atoms with van der Waals surface area (Å²) in [7, 11) is 0. The maximum Gasteiger partial charge on any atom is 0.267 e. The fourth-order valence-electron chi connectivity index (χ4n) is 2.12. The van der Waals surface area contributed by atoms with Gasteiger partial charge in [-0.25, -0.2) is 9.37 Å². The molecule has 0 atom stereocenters. The maximum atomic E-state index is 13.3. The summed E-state index contributed by atoms with van der Waals surface area (Å²) < 4.78 is 13.3. The van der Waals surface area contributed by atoms with Crippen LogP contribution in [0.3, 0.4) is 0 Å². The summed E-state index contributed by atoms with van der Waals surface area (Å²) in [6.45, 7) is 1.76. The summed E-state index contributed by atoms with van der Waals surface area (Å²) in [5.41, 5.74) is 7.52. The van der Waals surface area contributed by atoms with E-state index in [0.29, 0.717) is 21.1 Å². The van der Waals surface area contributed by atoms with Crippen molar-refractivity contribution < 1.29 is 9.18 Å². The second-order valence-electron chi connectivity index (χ2n) is 4.67. The van der Waals surface area contributed by atoms with Crippen molar-refractivity contribution in [2.45, 2.75) is 6.92 Å². The molecule has 3 rings (SSSR count). The molecule has 4 nitrogen and oxygen atoms in total. The fraction of sp³-hybridized carbons (Fsp3) is 0.0667. The Labute approximate surface area is 124 Å². The molecule has 6 heteroatoms. The first-order valence-electron chi connectivity index (χ1n) is 6.26. The molecule has 2 heterocycles. The number of halogens is 1. The molecule has 2 aromatic heterocycles. The normalized spacial score (nSPS) is 10.8. The number of thiophene rings is 1. The lowest BCUT2D eigenvalue weighted by Gasteiger charge is -2.05. The molecule has 0 saturated heterocycles. The lowest BCUT2D eigenvalue weighted by molar-refractivity contribution is 0.103. The lowest BCUT2D eigenvalue weighted by Crippen LogP contribution is -2.12. The zero-order valence-electron chi connectivity index (χ0n) is 11.2. The average molecular weight is 301 g/mol.